The normalized spacial score (nSPS) is 19.0. The molecule has 3 rings (SSSR count). The van der Waals surface area contributed by atoms with Gasteiger partial charge in [-0.05, 0) is 17.7 Å². The molecule has 1 saturated heterocycles. The van der Waals surface area contributed by atoms with Crippen molar-refractivity contribution in [3.05, 3.63) is 76.3 Å². The Labute approximate surface area is 153 Å². The fourth-order valence-electron chi connectivity index (χ4n) is 2.93. The van der Waals surface area contributed by atoms with Crippen LogP contribution in [0.1, 0.15) is 17.2 Å². The Morgan fingerprint density at radius 3 is 2.19 bits per heavy atom. The van der Waals surface area contributed by atoms with Gasteiger partial charge in [-0.1, -0.05) is 54.1 Å². The Balaban J connectivity index is 2.19. The van der Waals surface area contributed by atoms with Crippen molar-refractivity contribution >= 4 is 35.0 Å². The smallest absolute Gasteiger partial charge is 0.323 e. The standard InChI is InChI=1S/C19H14ClNO5/c20-13-8-6-11(7-9-13)16-15(17(24)12-4-2-1-3-5-12)18(25)19(26)21(16)10-14(22)23/h1-9,16,24H,10H2,(H,22,23)/b17-15+. The number of Topliss-reactive ketones (excluding diaryl/α,β-unsaturated/α-hetero) is 1. The number of amides is 1. The van der Waals surface area contributed by atoms with Crippen LogP contribution in [0.4, 0.5) is 0 Å². The van der Waals surface area contributed by atoms with Crippen molar-refractivity contribution in [2.75, 3.05) is 6.54 Å². The van der Waals surface area contributed by atoms with E-state index < -0.39 is 30.2 Å². The Morgan fingerprint density at radius 2 is 1.62 bits per heavy atom. The molecule has 2 aromatic carbocycles. The first kappa shape index (κ1) is 17.7. The van der Waals surface area contributed by atoms with Crippen LogP contribution >= 0.6 is 11.6 Å². The number of aliphatic hydroxyl groups is 1. The van der Waals surface area contributed by atoms with E-state index in [1.807, 2.05) is 0 Å². The molecule has 0 radical (unpaired) electrons. The van der Waals surface area contributed by atoms with Crippen molar-refractivity contribution < 1.29 is 24.6 Å². The maximum absolute atomic E-state index is 12.5. The minimum Gasteiger partial charge on any atom is -0.507 e. The Hall–Kier alpha value is -3.12. The summed E-state index contributed by atoms with van der Waals surface area (Å²) in [6, 6.07) is 13.6. The van der Waals surface area contributed by atoms with Gasteiger partial charge in [-0.3, -0.25) is 14.4 Å². The van der Waals surface area contributed by atoms with Gasteiger partial charge in [0.2, 0.25) is 0 Å². The molecule has 1 aliphatic rings. The first-order chi connectivity index (χ1) is 12.4. The highest BCUT2D eigenvalue weighted by Crippen LogP contribution is 2.39. The Kier molecular flexibility index (Phi) is 4.77. The largest absolute Gasteiger partial charge is 0.507 e. The van der Waals surface area contributed by atoms with E-state index in [1.165, 1.54) is 0 Å². The second kappa shape index (κ2) is 7.01. The average molecular weight is 372 g/mol. The fourth-order valence-corrected chi connectivity index (χ4v) is 3.06. The lowest BCUT2D eigenvalue weighted by Crippen LogP contribution is -2.34. The van der Waals surface area contributed by atoms with E-state index in [-0.39, 0.29) is 11.3 Å². The van der Waals surface area contributed by atoms with Crippen LogP contribution in [-0.4, -0.2) is 39.3 Å². The van der Waals surface area contributed by atoms with Crippen molar-refractivity contribution in [1.29, 1.82) is 0 Å². The number of aliphatic carboxylic acids is 1. The number of ketones is 1. The van der Waals surface area contributed by atoms with Crippen LogP contribution in [0.5, 0.6) is 0 Å². The summed E-state index contributed by atoms with van der Waals surface area (Å²) in [4.78, 5) is 37.0. The number of hydrogen-bond acceptors (Lipinski definition) is 4. The molecular weight excluding hydrogens is 358 g/mol. The molecule has 0 aliphatic carbocycles. The number of carbonyl (C=O) groups excluding carboxylic acids is 2. The van der Waals surface area contributed by atoms with Crippen molar-refractivity contribution in [2.24, 2.45) is 0 Å². The number of carboxylic acid groups (broad SMARTS) is 1. The number of hydrogen-bond donors (Lipinski definition) is 2. The molecule has 0 spiro atoms. The summed E-state index contributed by atoms with van der Waals surface area (Å²) in [5.41, 5.74) is 0.692. The Bertz CT molecular complexity index is 905. The van der Waals surface area contributed by atoms with E-state index in [9.17, 15) is 19.5 Å². The van der Waals surface area contributed by atoms with Gasteiger partial charge in [0.05, 0.1) is 11.6 Å². The van der Waals surface area contributed by atoms with Gasteiger partial charge in [-0.2, -0.15) is 0 Å². The van der Waals surface area contributed by atoms with Gasteiger partial charge in [-0.15, -0.1) is 0 Å². The van der Waals surface area contributed by atoms with Crippen molar-refractivity contribution in [3.63, 3.8) is 0 Å². The Morgan fingerprint density at radius 1 is 1.00 bits per heavy atom. The molecule has 1 unspecified atom stereocenters. The van der Waals surface area contributed by atoms with Gasteiger partial charge < -0.3 is 15.1 Å². The lowest BCUT2D eigenvalue weighted by molar-refractivity contribution is -0.146. The number of carboxylic acids is 1. The maximum Gasteiger partial charge on any atom is 0.323 e. The molecule has 0 bridgehead atoms. The van der Waals surface area contributed by atoms with Gasteiger partial charge in [0.1, 0.15) is 12.3 Å². The van der Waals surface area contributed by atoms with Gasteiger partial charge in [-0.25, -0.2) is 0 Å². The van der Waals surface area contributed by atoms with E-state index in [1.54, 1.807) is 54.6 Å². The maximum atomic E-state index is 12.5. The molecule has 2 aromatic rings. The minimum absolute atomic E-state index is 0.148. The highest BCUT2D eigenvalue weighted by Gasteiger charge is 2.46. The van der Waals surface area contributed by atoms with Crippen LogP contribution in [0.15, 0.2) is 60.2 Å². The van der Waals surface area contributed by atoms with Crippen LogP contribution in [0.2, 0.25) is 5.02 Å². The molecule has 0 aromatic heterocycles. The third-order valence-corrected chi connectivity index (χ3v) is 4.33. The number of halogens is 1. The second-order valence-electron chi connectivity index (χ2n) is 5.74. The quantitative estimate of drug-likeness (QED) is 0.489. The van der Waals surface area contributed by atoms with E-state index in [0.717, 1.165) is 4.90 Å². The molecule has 1 atom stereocenters. The first-order valence-corrected chi connectivity index (χ1v) is 8.09. The molecule has 1 heterocycles. The third kappa shape index (κ3) is 3.19. The second-order valence-corrected chi connectivity index (χ2v) is 6.17. The van der Waals surface area contributed by atoms with Crippen LogP contribution < -0.4 is 0 Å². The topological polar surface area (TPSA) is 94.9 Å². The zero-order valence-electron chi connectivity index (χ0n) is 13.4. The minimum atomic E-state index is -1.26. The van der Waals surface area contributed by atoms with E-state index in [2.05, 4.69) is 0 Å². The summed E-state index contributed by atoms with van der Waals surface area (Å²) in [7, 11) is 0. The first-order valence-electron chi connectivity index (χ1n) is 7.71. The predicted molar refractivity (Wildman–Crippen MR) is 94.5 cm³/mol. The van der Waals surface area contributed by atoms with Crippen molar-refractivity contribution in [1.82, 2.24) is 4.90 Å². The lowest BCUT2D eigenvalue weighted by atomic mass is 9.95. The molecule has 1 fully saturated rings. The highest BCUT2D eigenvalue weighted by molar-refractivity contribution is 6.46. The monoisotopic (exact) mass is 371 g/mol. The number of nitrogens with zero attached hydrogens (tertiary/aromatic N) is 1. The molecular formula is C19H14ClNO5. The van der Waals surface area contributed by atoms with Crippen LogP contribution in [0.3, 0.4) is 0 Å². The SMILES string of the molecule is O=C(O)CN1C(=O)C(=O)/C(=C(/O)c2ccccc2)C1c1ccc(Cl)cc1. The summed E-state index contributed by atoms with van der Waals surface area (Å²) < 4.78 is 0. The van der Waals surface area contributed by atoms with Gasteiger partial charge >= 0.3 is 5.97 Å². The summed E-state index contributed by atoms with van der Waals surface area (Å²) in [6.07, 6.45) is 0. The molecule has 2 N–H and O–H groups in total. The van der Waals surface area contributed by atoms with Gasteiger partial charge in [0.25, 0.3) is 11.7 Å². The molecule has 1 aliphatic heterocycles. The number of benzene rings is 2. The lowest BCUT2D eigenvalue weighted by Gasteiger charge is -2.23. The van der Waals surface area contributed by atoms with E-state index in [0.29, 0.717) is 16.1 Å². The summed E-state index contributed by atoms with van der Waals surface area (Å²) in [5, 5.41) is 20.2. The molecule has 1 amide bonds. The van der Waals surface area contributed by atoms with E-state index in [4.69, 9.17) is 16.7 Å². The predicted octanol–water partition coefficient (Wildman–Crippen LogP) is 2.85. The number of aliphatic hydroxyl groups excluding tert-OH is 1. The molecule has 132 valence electrons. The fraction of sp³-hybridized carbons (Fsp3) is 0.105. The molecule has 26 heavy (non-hydrogen) atoms. The summed E-state index contributed by atoms with van der Waals surface area (Å²) in [5.74, 6) is -3.50. The zero-order chi connectivity index (χ0) is 18.8. The zero-order valence-corrected chi connectivity index (χ0v) is 14.2. The molecule has 6 nitrogen and oxygen atoms in total. The van der Waals surface area contributed by atoms with Gasteiger partial charge in [0, 0.05) is 10.6 Å². The van der Waals surface area contributed by atoms with E-state index >= 15 is 0 Å². The summed E-state index contributed by atoms with van der Waals surface area (Å²) in [6.45, 7) is -0.663. The van der Waals surface area contributed by atoms with Gasteiger partial charge in [0.15, 0.2) is 0 Å². The highest BCUT2D eigenvalue weighted by atomic mass is 35.5. The van der Waals surface area contributed by atoms with Crippen LogP contribution in [0.25, 0.3) is 5.76 Å². The van der Waals surface area contributed by atoms with Crippen LogP contribution in [-0.2, 0) is 14.4 Å². The van der Waals surface area contributed by atoms with Crippen molar-refractivity contribution in [3.8, 4) is 0 Å². The number of carbonyl (C=O) groups is 3. The molecule has 0 saturated carbocycles. The number of likely N-dealkylation sites (tertiary alicyclic amines) is 1. The third-order valence-electron chi connectivity index (χ3n) is 4.08. The van der Waals surface area contributed by atoms with Crippen LogP contribution in [0, 0.1) is 0 Å². The molecule has 7 heteroatoms. The average Bonchev–Trinajstić information content (AvgIpc) is 2.87. The summed E-state index contributed by atoms with van der Waals surface area (Å²) >= 11 is 5.89. The number of rotatable bonds is 4. The van der Waals surface area contributed by atoms with Crippen molar-refractivity contribution in [2.45, 2.75) is 6.04 Å².